The molecule has 6 heteroatoms. The second kappa shape index (κ2) is 5.27. The van der Waals surface area contributed by atoms with Crippen LogP contribution in [0.1, 0.15) is 15.9 Å². The molecule has 2 rings (SSSR count). The van der Waals surface area contributed by atoms with Gasteiger partial charge in [0.05, 0.1) is 18.8 Å². The molecule has 0 bridgehead atoms. The summed E-state index contributed by atoms with van der Waals surface area (Å²) in [5.41, 5.74) is 6.29. The van der Waals surface area contributed by atoms with E-state index in [9.17, 15) is 14.7 Å². The number of aromatic hydroxyl groups is 1. The highest BCUT2D eigenvalue weighted by Gasteiger charge is 2.32. The quantitative estimate of drug-likeness (QED) is 0.788. The summed E-state index contributed by atoms with van der Waals surface area (Å²) in [7, 11) is 0. The van der Waals surface area contributed by atoms with Gasteiger partial charge in [-0.2, -0.15) is 0 Å². The van der Waals surface area contributed by atoms with Gasteiger partial charge >= 0.3 is 0 Å². The number of carbonyl (C=O) groups is 2. The Morgan fingerprint density at radius 2 is 2.21 bits per heavy atom. The maximum Gasteiger partial charge on any atom is 0.258 e. The topological polar surface area (TPSA) is 92.9 Å². The molecule has 3 N–H and O–H groups in total. The van der Waals surface area contributed by atoms with Crippen LogP contribution in [-0.4, -0.2) is 47.6 Å². The van der Waals surface area contributed by atoms with Gasteiger partial charge in [0.15, 0.2) is 0 Å². The van der Waals surface area contributed by atoms with Gasteiger partial charge in [0, 0.05) is 6.54 Å². The third kappa shape index (κ3) is 2.68. The van der Waals surface area contributed by atoms with Crippen molar-refractivity contribution >= 4 is 11.8 Å². The van der Waals surface area contributed by atoms with Gasteiger partial charge in [0.25, 0.3) is 5.91 Å². The maximum atomic E-state index is 12.4. The van der Waals surface area contributed by atoms with Crippen LogP contribution < -0.4 is 5.73 Å². The fourth-order valence-electron chi connectivity index (χ4n) is 2.06. The minimum absolute atomic E-state index is 0.0909. The molecule has 1 aromatic rings. The summed E-state index contributed by atoms with van der Waals surface area (Å²) in [6.07, 6.45) is 0. The molecule has 2 amide bonds. The van der Waals surface area contributed by atoms with Crippen LogP contribution in [0, 0.1) is 6.92 Å². The number of hydrogen-bond acceptors (Lipinski definition) is 4. The summed E-state index contributed by atoms with van der Waals surface area (Å²) < 4.78 is 5.16. The summed E-state index contributed by atoms with van der Waals surface area (Å²) in [5, 5.41) is 9.77. The van der Waals surface area contributed by atoms with E-state index in [-0.39, 0.29) is 24.5 Å². The zero-order valence-corrected chi connectivity index (χ0v) is 10.6. The molecule has 1 saturated heterocycles. The monoisotopic (exact) mass is 264 g/mol. The molecule has 1 atom stereocenters. The number of morpholine rings is 1. The molecule has 102 valence electrons. The Balaban J connectivity index is 2.31. The number of amides is 2. The van der Waals surface area contributed by atoms with Crippen LogP contribution in [0.3, 0.4) is 0 Å². The van der Waals surface area contributed by atoms with Gasteiger partial charge in [-0.05, 0) is 19.1 Å². The first-order valence-corrected chi connectivity index (χ1v) is 5.98. The van der Waals surface area contributed by atoms with Gasteiger partial charge in [-0.3, -0.25) is 9.59 Å². The number of phenolic OH excluding ortho intramolecular Hbond substituents is 1. The van der Waals surface area contributed by atoms with E-state index < -0.39 is 17.9 Å². The second-order valence-electron chi connectivity index (χ2n) is 4.51. The van der Waals surface area contributed by atoms with Gasteiger partial charge in [0.2, 0.25) is 5.91 Å². The molecule has 0 aliphatic carbocycles. The van der Waals surface area contributed by atoms with E-state index in [2.05, 4.69) is 0 Å². The van der Waals surface area contributed by atoms with E-state index >= 15 is 0 Å². The van der Waals surface area contributed by atoms with Crippen molar-refractivity contribution in [3.05, 3.63) is 29.3 Å². The van der Waals surface area contributed by atoms with Crippen LogP contribution in [0.4, 0.5) is 0 Å². The van der Waals surface area contributed by atoms with Gasteiger partial charge in [-0.25, -0.2) is 0 Å². The lowest BCUT2D eigenvalue weighted by molar-refractivity contribution is -0.127. The molecular weight excluding hydrogens is 248 g/mol. The van der Waals surface area contributed by atoms with Crippen molar-refractivity contribution < 1.29 is 19.4 Å². The molecule has 1 unspecified atom stereocenters. The van der Waals surface area contributed by atoms with Crippen molar-refractivity contribution in [2.75, 3.05) is 19.8 Å². The molecule has 1 heterocycles. The van der Waals surface area contributed by atoms with Crippen molar-refractivity contribution in [3.8, 4) is 5.75 Å². The highest BCUT2D eigenvalue weighted by atomic mass is 16.5. The second-order valence-corrected chi connectivity index (χ2v) is 4.51. The lowest BCUT2D eigenvalue weighted by Gasteiger charge is -2.33. The fourth-order valence-corrected chi connectivity index (χ4v) is 2.06. The molecule has 6 nitrogen and oxygen atoms in total. The number of hydrogen-bond donors (Lipinski definition) is 2. The Labute approximate surface area is 110 Å². The Kier molecular flexibility index (Phi) is 3.71. The average molecular weight is 264 g/mol. The number of phenols is 1. The smallest absolute Gasteiger partial charge is 0.258 e. The van der Waals surface area contributed by atoms with Crippen LogP contribution in [0.2, 0.25) is 0 Å². The standard InChI is InChI=1S/C13H16N2O4/c1-8-2-3-11(16)9(6-8)13(18)15-4-5-19-7-10(15)12(14)17/h2-3,6,10,16H,4-5,7H2,1H3,(H2,14,17). The third-order valence-corrected chi connectivity index (χ3v) is 3.10. The summed E-state index contributed by atoms with van der Waals surface area (Å²) >= 11 is 0. The first kappa shape index (κ1) is 13.4. The lowest BCUT2D eigenvalue weighted by Crippen LogP contribution is -2.54. The minimum atomic E-state index is -0.791. The first-order chi connectivity index (χ1) is 9.00. The SMILES string of the molecule is Cc1ccc(O)c(C(=O)N2CCOCC2C(N)=O)c1. The minimum Gasteiger partial charge on any atom is -0.507 e. The van der Waals surface area contributed by atoms with Crippen LogP contribution in [0.5, 0.6) is 5.75 Å². The normalized spacial score (nSPS) is 19.2. The number of benzene rings is 1. The van der Waals surface area contributed by atoms with E-state index in [1.54, 1.807) is 12.1 Å². The Morgan fingerprint density at radius 1 is 1.47 bits per heavy atom. The molecular formula is C13H16N2O4. The highest BCUT2D eigenvalue weighted by molar-refractivity contribution is 5.99. The van der Waals surface area contributed by atoms with Crippen molar-refractivity contribution in [1.29, 1.82) is 0 Å². The zero-order valence-electron chi connectivity index (χ0n) is 10.6. The molecule has 1 aliphatic rings. The summed E-state index contributed by atoms with van der Waals surface area (Å²) in [6.45, 7) is 2.54. The molecule has 1 aromatic carbocycles. The molecule has 0 spiro atoms. The predicted octanol–water partition coefficient (Wildman–Crippen LogP) is 0.0269. The van der Waals surface area contributed by atoms with E-state index in [4.69, 9.17) is 10.5 Å². The Bertz CT molecular complexity index is 515. The molecule has 1 aliphatic heterocycles. The van der Waals surface area contributed by atoms with Gasteiger partial charge in [-0.1, -0.05) is 11.6 Å². The lowest BCUT2D eigenvalue weighted by atomic mass is 10.1. The number of primary amides is 1. The summed E-state index contributed by atoms with van der Waals surface area (Å²) in [4.78, 5) is 25.1. The van der Waals surface area contributed by atoms with Crippen molar-refractivity contribution in [2.45, 2.75) is 13.0 Å². The van der Waals surface area contributed by atoms with Crippen molar-refractivity contribution in [3.63, 3.8) is 0 Å². The Hall–Kier alpha value is -2.08. The average Bonchev–Trinajstić information content (AvgIpc) is 2.40. The van der Waals surface area contributed by atoms with Crippen molar-refractivity contribution in [2.24, 2.45) is 5.73 Å². The van der Waals surface area contributed by atoms with Crippen LogP contribution in [-0.2, 0) is 9.53 Å². The van der Waals surface area contributed by atoms with Crippen LogP contribution in [0.15, 0.2) is 18.2 Å². The first-order valence-electron chi connectivity index (χ1n) is 5.98. The molecule has 19 heavy (non-hydrogen) atoms. The number of rotatable bonds is 2. The number of nitrogens with zero attached hydrogens (tertiary/aromatic N) is 1. The van der Waals surface area contributed by atoms with Crippen LogP contribution in [0.25, 0.3) is 0 Å². The van der Waals surface area contributed by atoms with Gasteiger partial charge in [-0.15, -0.1) is 0 Å². The molecule has 0 aromatic heterocycles. The maximum absolute atomic E-state index is 12.4. The Morgan fingerprint density at radius 3 is 2.89 bits per heavy atom. The summed E-state index contributed by atoms with van der Waals surface area (Å²) in [5.74, 6) is -1.13. The van der Waals surface area contributed by atoms with Gasteiger partial charge in [0.1, 0.15) is 11.8 Å². The van der Waals surface area contributed by atoms with E-state index in [0.29, 0.717) is 6.61 Å². The fraction of sp³-hybridized carbons (Fsp3) is 0.385. The predicted molar refractivity (Wildman–Crippen MR) is 67.7 cm³/mol. The van der Waals surface area contributed by atoms with Crippen LogP contribution >= 0.6 is 0 Å². The van der Waals surface area contributed by atoms with Crippen molar-refractivity contribution in [1.82, 2.24) is 4.90 Å². The number of carbonyl (C=O) groups excluding carboxylic acids is 2. The van der Waals surface area contributed by atoms with Gasteiger partial charge < -0.3 is 20.5 Å². The summed E-state index contributed by atoms with van der Waals surface area (Å²) in [6, 6.07) is 3.96. The largest absolute Gasteiger partial charge is 0.507 e. The highest BCUT2D eigenvalue weighted by Crippen LogP contribution is 2.22. The third-order valence-electron chi connectivity index (χ3n) is 3.10. The van der Waals surface area contributed by atoms with E-state index in [1.165, 1.54) is 11.0 Å². The van der Waals surface area contributed by atoms with E-state index in [0.717, 1.165) is 5.56 Å². The number of ether oxygens (including phenoxy) is 1. The molecule has 1 fully saturated rings. The number of nitrogens with two attached hydrogens (primary N) is 1. The van der Waals surface area contributed by atoms with E-state index in [1.807, 2.05) is 6.92 Å². The number of aryl methyl sites for hydroxylation is 1. The molecule has 0 radical (unpaired) electrons. The molecule has 0 saturated carbocycles. The zero-order chi connectivity index (χ0) is 14.0.